The van der Waals surface area contributed by atoms with Crippen molar-refractivity contribution in [2.45, 2.75) is 45.9 Å². The summed E-state index contributed by atoms with van der Waals surface area (Å²) < 4.78 is 32.8. The summed E-state index contributed by atoms with van der Waals surface area (Å²) in [6.45, 7) is 9.97. The van der Waals surface area contributed by atoms with E-state index in [2.05, 4.69) is 0 Å². The largest absolute Gasteiger partial charge is 0.494 e. The van der Waals surface area contributed by atoms with Crippen LogP contribution in [0.3, 0.4) is 0 Å². The third kappa shape index (κ3) is 5.32. The lowest BCUT2D eigenvalue weighted by molar-refractivity contribution is -0.119. The minimum absolute atomic E-state index is 0.0873. The van der Waals surface area contributed by atoms with Crippen LogP contribution in [-0.4, -0.2) is 20.9 Å². The quantitative estimate of drug-likeness (QED) is 0.727. The fourth-order valence-corrected chi connectivity index (χ4v) is 4.03. The molecule has 0 aromatic heterocycles. The van der Waals surface area contributed by atoms with Gasteiger partial charge in [0.15, 0.2) is 0 Å². The molecule has 0 aliphatic heterocycles. The van der Waals surface area contributed by atoms with Gasteiger partial charge in [-0.2, -0.15) is 0 Å². The first kappa shape index (κ1) is 21.0. The van der Waals surface area contributed by atoms with E-state index in [9.17, 15) is 13.2 Å². The highest BCUT2D eigenvalue weighted by Gasteiger charge is 2.33. The molecule has 2 rings (SSSR count). The predicted molar refractivity (Wildman–Crippen MR) is 108 cm³/mol. The van der Waals surface area contributed by atoms with E-state index < -0.39 is 15.9 Å². The molecule has 2 aromatic carbocycles. The summed E-state index contributed by atoms with van der Waals surface area (Å²) in [5.41, 5.74) is 0.902. The number of hydrogen-bond acceptors (Lipinski definition) is 4. The van der Waals surface area contributed by atoms with Crippen LogP contribution in [0.15, 0.2) is 53.4 Å². The third-order valence-corrected chi connectivity index (χ3v) is 5.61. The number of carbonyl (C=O) groups is 1. The van der Waals surface area contributed by atoms with Gasteiger partial charge in [0.05, 0.1) is 17.2 Å². The standard InChI is InChI=1S/C21H27NO4S/c1-6-26-18-11-9-17(10-12-18)22(20(23)15-21(3,4)5)27(24,25)19-13-7-16(2)8-14-19/h7-14H,6,15H2,1-5H3. The zero-order valence-electron chi connectivity index (χ0n) is 16.5. The number of amides is 1. The Morgan fingerprint density at radius 1 is 1.00 bits per heavy atom. The van der Waals surface area contributed by atoms with E-state index in [4.69, 9.17) is 4.74 Å². The first-order chi connectivity index (χ1) is 12.5. The Bertz CT molecular complexity index is 879. The maximum absolute atomic E-state index is 13.3. The lowest BCUT2D eigenvalue weighted by Crippen LogP contribution is -2.38. The van der Waals surface area contributed by atoms with E-state index in [0.29, 0.717) is 18.0 Å². The van der Waals surface area contributed by atoms with Gasteiger partial charge in [-0.05, 0) is 55.7 Å². The molecule has 0 aliphatic carbocycles. The van der Waals surface area contributed by atoms with Crippen molar-refractivity contribution in [2.24, 2.45) is 5.41 Å². The molecule has 2 aromatic rings. The smallest absolute Gasteiger partial charge is 0.270 e. The Morgan fingerprint density at radius 2 is 1.56 bits per heavy atom. The number of ether oxygens (including phenoxy) is 1. The van der Waals surface area contributed by atoms with Crippen molar-refractivity contribution in [1.29, 1.82) is 0 Å². The molecule has 0 aliphatic rings. The van der Waals surface area contributed by atoms with Crippen LogP contribution in [0, 0.1) is 12.3 Å². The zero-order valence-corrected chi connectivity index (χ0v) is 17.3. The van der Waals surface area contributed by atoms with Gasteiger partial charge in [-0.3, -0.25) is 4.79 Å². The molecule has 0 spiro atoms. The molecule has 0 bridgehead atoms. The third-order valence-electron chi connectivity index (χ3n) is 3.85. The first-order valence-electron chi connectivity index (χ1n) is 8.92. The van der Waals surface area contributed by atoms with E-state index in [0.717, 1.165) is 9.87 Å². The summed E-state index contributed by atoms with van der Waals surface area (Å²) in [4.78, 5) is 13.1. The van der Waals surface area contributed by atoms with Crippen LogP contribution >= 0.6 is 0 Å². The van der Waals surface area contributed by atoms with Crippen LogP contribution in [0.2, 0.25) is 0 Å². The lowest BCUT2D eigenvalue weighted by Gasteiger charge is -2.26. The predicted octanol–water partition coefficient (Wildman–Crippen LogP) is 4.55. The van der Waals surface area contributed by atoms with Gasteiger partial charge in [-0.25, -0.2) is 12.7 Å². The fourth-order valence-electron chi connectivity index (χ4n) is 2.60. The summed E-state index contributed by atoms with van der Waals surface area (Å²) in [7, 11) is -4.02. The molecule has 0 unspecified atom stereocenters. The normalized spacial score (nSPS) is 11.9. The van der Waals surface area contributed by atoms with Crippen LogP contribution < -0.4 is 9.04 Å². The molecule has 0 atom stereocenters. The SMILES string of the molecule is CCOc1ccc(N(C(=O)CC(C)(C)C)S(=O)(=O)c2ccc(C)cc2)cc1. The molecule has 5 nitrogen and oxygen atoms in total. The van der Waals surface area contributed by atoms with Crippen molar-refractivity contribution in [3.63, 3.8) is 0 Å². The van der Waals surface area contributed by atoms with Gasteiger partial charge in [0.2, 0.25) is 5.91 Å². The van der Waals surface area contributed by atoms with Crippen LogP contribution in [-0.2, 0) is 14.8 Å². The van der Waals surface area contributed by atoms with E-state index in [-0.39, 0.29) is 16.7 Å². The Hall–Kier alpha value is -2.34. The van der Waals surface area contributed by atoms with Gasteiger partial charge >= 0.3 is 0 Å². The first-order valence-corrected chi connectivity index (χ1v) is 10.4. The summed E-state index contributed by atoms with van der Waals surface area (Å²) in [5, 5.41) is 0. The number of sulfonamides is 1. The van der Waals surface area contributed by atoms with Crippen LogP contribution in [0.25, 0.3) is 0 Å². The maximum atomic E-state index is 13.3. The second-order valence-electron chi connectivity index (χ2n) is 7.64. The van der Waals surface area contributed by atoms with Gasteiger partial charge < -0.3 is 4.74 Å². The Morgan fingerprint density at radius 3 is 2.04 bits per heavy atom. The van der Waals surface area contributed by atoms with E-state index in [1.54, 1.807) is 36.4 Å². The number of hydrogen-bond donors (Lipinski definition) is 0. The van der Waals surface area contributed by atoms with Crippen molar-refractivity contribution in [3.8, 4) is 5.75 Å². The van der Waals surface area contributed by atoms with Gasteiger partial charge in [-0.1, -0.05) is 38.5 Å². The zero-order chi connectivity index (χ0) is 20.2. The van der Waals surface area contributed by atoms with Crippen molar-refractivity contribution < 1.29 is 17.9 Å². The van der Waals surface area contributed by atoms with Crippen LogP contribution in [0.5, 0.6) is 5.75 Å². The lowest BCUT2D eigenvalue weighted by atomic mass is 9.92. The van der Waals surface area contributed by atoms with Crippen molar-refractivity contribution >= 4 is 21.6 Å². The number of aryl methyl sites for hydroxylation is 1. The average molecular weight is 390 g/mol. The van der Waals surface area contributed by atoms with Gasteiger partial charge in [0.1, 0.15) is 5.75 Å². The van der Waals surface area contributed by atoms with E-state index >= 15 is 0 Å². The Labute approximate surface area is 162 Å². The minimum Gasteiger partial charge on any atom is -0.494 e. The average Bonchev–Trinajstić information content (AvgIpc) is 2.55. The molecule has 6 heteroatoms. The number of benzene rings is 2. The Kier molecular flexibility index (Phi) is 6.31. The second-order valence-corrected chi connectivity index (χ2v) is 9.43. The molecule has 0 saturated carbocycles. The molecule has 146 valence electrons. The van der Waals surface area contributed by atoms with E-state index in [1.807, 2.05) is 34.6 Å². The van der Waals surface area contributed by atoms with Crippen molar-refractivity contribution in [3.05, 3.63) is 54.1 Å². The summed E-state index contributed by atoms with van der Waals surface area (Å²) in [5.74, 6) is 0.157. The number of anilines is 1. The number of carbonyl (C=O) groups excluding carboxylic acids is 1. The Balaban J connectivity index is 2.52. The summed E-state index contributed by atoms with van der Waals surface area (Å²) >= 11 is 0. The highest BCUT2D eigenvalue weighted by atomic mass is 32.2. The topological polar surface area (TPSA) is 63.7 Å². The summed E-state index contributed by atoms with van der Waals surface area (Å²) in [6.07, 6.45) is 0.102. The molecular weight excluding hydrogens is 362 g/mol. The molecule has 0 N–H and O–H groups in total. The van der Waals surface area contributed by atoms with E-state index in [1.165, 1.54) is 12.1 Å². The second kappa shape index (κ2) is 8.13. The minimum atomic E-state index is -4.02. The number of nitrogens with zero attached hydrogens (tertiary/aromatic N) is 1. The highest BCUT2D eigenvalue weighted by molar-refractivity contribution is 7.93. The molecule has 0 radical (unpaired) electrons. The molecular formula is C21H27NO4S. The van der Waals surface area contributed by atoms with Crippen molar-refractivity contribution in [1.82, 2.24) is 0 Å². The van der Waals surface area contributed by atoms with Crippen LogP contribution in [0.1, 0.15) is 39.7 Å². The van der Waals surface area contributed by atoms with Gasteiger partial charge in [0, 0.05) is 6.42 Å². The molecule has 0 fully saturated rings. The fraction of sp³-hybridized carbons (Fsp3) is 0.381. The van der Waals surface area contributed by atoms with Gasteiger partial charge in [0.25, 0.3) is 10.0 Å². The van der Waals surface area contributed by atoms with Crippen molar-refractivity contribution in [2.75, 3.05) is 10.9 Å². The molecule has 0 heterocycles. The molecule has 27 heavy (non-hydrogen) atoms. The number of rotatable bonds is 6. The monoisotopic (exact) mass is 389 g/mol. The summed E-state index contributed by atoms with van der Waals surface area (Å²) in [6, 6.07) is 13.0. The highest BCUT2D eigenvalue weighted by Crippen LogP contribution is 2.30. The van der Waals surface area contributed by atoms with Crippen LogP contribution in [0.4, 0.5) is 5.69 Å². The molecule has 0 saturated heterocycles. The molecule has 1 amide bonds. The van der Waals surface area contributed by atoms with Gasteiger partial charge in [-0.15, -0.1) is 0 Å². The maximum Gasteiger partial charge on any atom is 0.270 e.